The van der Waals surface area contributed by atoms with Gasteiger partial charge in [-0.2, -0.15) is 0 Å². The lowest BCUT2D eigenvalue weighted by Gasteiger charge is -2.29. The number of hydrogen-bond acceptors (Lipinski definition) is 5. The van der Waals surface area contributed by atoms with Crippen molar-refractivity contribution in [3.8, 4) is 0 Å². The van der Waals surface area contributed by atoms with Gasteiger partial charge in [0.1, 0.15) is 18.3 Å². The van der Waals surface area contributed by atoms with Crippen molar-refractivity contribution in [2.45, 2.75) is 12.2 Å². The zero-order chi connectivity index (χ0) is 15.5. The van der Waals surface area contributed by atoms with Gasteiger partial charge in [-0.3, -0.25) is 4.79 Å². The summed E-state index contributed by atoms with van der Waals surface area (Å²) in [4.78, 5) is 23.2. The summed E-state index contributed by atoms with van der Waals surface area (Å²) in [5.41, 5.74) is -1.63. The Kier molecular flexibility index (Phi) is 4.09. The minimum absolute atomic E-state index is 0.0855. The van der Waals surface area contributed by atoms with Crippen LogP contribution in [0.5, 0.6) is 0 Å². The summed E-state index contributed by atoms with van der Waals surface area (Å²) >= 11 is 0. The minimum atomic E-state index is -2.34. The van der Waals surface area contributed by atoms with E-state index in [2.05, 4.69) is 0 Å². The molecule has 2 atom stereocenters. The standard InChI is InChI=1S/C15H14O6/c16-11-6-7-15(20,12(8-11)13(17)18)14(19)21-9-10-4-2-1-3-5-10/h1-8,12,16,20H,9H2,(H,17,18). The molecule has 21 heavy (non-hydrogen) atoms. The number of allylic oxidation sites excluding steroid dienone is 1. The van der Waals surface area contributed by atoms with Crippen LogP contribution in [-0.2, 0) is 20.9 Å². The summed E-state index contributed by atoms with van der Waals surface area (Å²) in [6.07, 6.45) is 2.88. The Balaban J connectivity index is 2.13. The van der Waals surface area contributed by atoms with E-state index in [0.29, 0.717) is 5.56 Å². The number of carbonyl (C=O) groups excluding carboxylic acids is 1. The molecule has 0 fully saturated rings. The molecular weight excluding hydrogens is 276 g/mol. The van der Waals surface area contributed by atoms with Crippen molar-refractivity contribution in [1.82, 2.24) is 0 Å². The number of ether oxygens (including phenoxy) is 1. The Labute approximate surface area is 120 Å². The van der Waals surface area contributed by atoms with E-state index in [1.54, 1.807) is 30.3 Å². The predicted octanol–water partition coefficient (Wildman–Crippen LogP) is 1.17. The summed E-state index contributed by atoms with van der Waals surface area (Å²) in [5, 5.41) is 28.6. The minimum Gasteiger partial charge on any atom is -0.508 e. The van der Waals surface area contributed by atoms with Crippen LogP contribution >= 0.6 is 0 Å². The molecule has 110 valence electrons. The number of aliphatic carboxylic acids is 1. The first-order valence-electron chi connectivity index (χ1n) is 6.20. The molecule has 6 nitrogen and oxygen atoms in total. The van der Waals surface area contributed by atoms with E-state index >= 15 is 0 Å². The number of carboxylic acid groups (broad SMARTS) is 1. The van der Waals surface area contributed by atoms with Crippen LogP contribution in [0.1, 0.15) is 5.56 Å². The number of aliphatic hydroxyl groups is 2. The van der Waals surface area contributed by atoms with Gasteiger partial charge in [-0.1, -0.05) is 30.3 Å². The lowest BCUT2D eigenvalue weighted by atomic mass is 9.83. The first-order valence-corrected chi connectivity index (χ1v) is 6.20. The molecule has 0 saturated heterocycles. The smallest absolute Gasteiger partial charge is 0.343 e. The van der Waals surface area contributed by atoms with Gasteiger partial charge < -0.3 is 20.1 Å². The summed E-state index contributed by atoms with van der Waals surface area (Å²) in [6, 6.07) is 8.79. The van der Waals surface area contributed by atoms with Gasteiger partial charge in [0.2, 0.25) is 0 Å². The summed E-state index contributed by atoms with van der Waals surface area (Å²) in [7, 11) is 0. The Morgan fingerprint density at radius 2 is 1.90 bits per heavy atom. The Bertz CT molecular complexity index is 604. The zero-order valence-electron chi connectivity index (χ0n) is 11.0. The maximum absolute atomic E-state index is 12.0. The predicted molar refractivity (Wildman–Crippen MR) is 72.2 cm³/mol. The lowest BCUT2D eigenvalue weighted by Crippen LogP contribution is -2.49. The summed E-state index contributed by atoms with van der Waals surface area (Å²) in [5.74, 6) is -4.46. The van der Waals surface area contributed by atoms with Gasteiger partial charge in [-0.25, -0.2) is 4.79 Å². The molecule has 6 heteroatoms. The topological polar surface area (TPSA) is 104 Å². The second-order valence-electron chi connectivity index (χ2n) is 4.63. The van der Waals surface area contributed by atoms with Crippen molar-refractivity contribution in [1.29, 1.82) is 0 Å². The monoisotopic (exact) mass is 290 g/mol. The van der Waals surface area contributed by atoms with Crippen LogP contribution in [0.4, 0.5) is 0 Å². The van der Waals surface area contributed by atoms with Crippen LogP contribution in [0.15, 0.2) is 54.3 Å². The molecular formula is C15H14O6. The van der Waals surface area contributed by atoms with Gasteiger partial charge in [0.25, 0.3) is 0 Å². The molecule has 1 aliphatic carbocycles. The van der Waals surface area contributed by atoms with E-state index < -0.39 is 23.5 Å². The Morgan fingerprint density at radius 3 is 2.52 bits per heavy atom. The van der Waals surface area contributed by atoms with Crippen molar-refractivity contribution in [2.75, 3.05) is 0 Å². The molecule has 1 aromatic carbocycles. The van der Waals surface area contributed by atoms with Gasteiger partial charge in [0, 0.05) is 0 Å². The SMILES string of the molecule is O=C(O)C1C=C(O)C=CC1(O)C(=O)OCc1ccccc1. The molecule has 0 aliphatic heterocycles. The van der Waals surface area contributed by atoms with Crippen LogP contribution in [0, 0.1) is 5.92 Å². The quantitative estimate of drug-likeness (QED) is 0.719. The highest BCUT2D eigenvalue weighted by molar-refractivity contribution is 5.90. The number of rotatable bonds is 4. The van der Waals surface area contributed by atoms with Crippen molar-refractivity contribution >= 4 is 11.9 Å². The van der Waals surface area contributed by atoms with Crippen LogP contribution in [0.25, 0.3) is 0 Å². The third-order valence-corrected chi connectivity index (χ3v) is 3.13. The van der Waals surface area contributed by atoms with Crippen molar-refractivity contribution in [3.05, 3.63) is 59.9 Å². The highest BCUT2D eigenvalue weighted by Crippen LogP contribution is 2.28. The van der Waals surface area contributed by atoms with Crippen LogP contribution in [0.3, 0.4) is 0 Å². The lowest BCUT2D eigenvalue weighted by molar-refractivity contribution is -0.171. The van der Waals surface area contributed by atoms with Crippen molar-refractivity contribution in [2.24, 2.45) is 5.92 Å². The van der Waals surface area contributed by atoms with Gasteiger partial charge in [0.05, 0.1) is 0 Å². The molecule has 0 saturated carbocycles. The number of carbonyl (C=O) groups is 2. The van der Waals surface area contributed by atoms with Crippen molar-refractivity contribution in [3.63, 3.8) is 0 Å². The highest BCUT2D eigenvalue weighted by atomic mass is 16.5. The fourth-order valence-electron chi connectivity index (χ4n) is 1.96. The van der Waals surface area contributed by atoms with E-state index in [1.165, 1.54) is 0 Å². The summed E-state index contributed by atoms with van der Waals surface area (Å²) in [6.45, 7) is -0.0855. The van der Waals surface area contributed by atoms with E-state index in [9.17, 15) is 19.8 Å². The first-order chi connectivity index (χ1) is 9.93. The van der Waals surface area contributed by atoms with Crippen LogP contribution in [-0.4, -0.2) is 32.9 Å². The number of esters is 1. The molecule has 2 unspecified atom stereocenters. The Hall–Kier alpha value is -2.60. The van der Waals surface area contributed by atoms with Crippen molar-refractivity contribution < 1.29 is 29.6 Å². The number of hydrogen-bond donors (Lipinski definition) is 3. The maximum atomic E-state index is 12.0. The molecule has 0 spiro atoms. The molecule has 3 N–H and O–H groups in total. The van der Waals surface area contributed by atoms with Gasteiger partial charge in [-0.05, 0) is 23.8 Å². The zero-order valence-corrected chi connectivity index (χ0v) is 11.0. The van der Waals surface area contributed by atoms with Crippen LogP contribution < -0.4 is 0 Å². The fraction of sp³-hybridized carbons (Fsp3) is 0.200. The van der Waals surface area contributed by atoms with E-state index in [-0.39, 0.29) is 12.4 Å². The number of benzene rings is 1. The molecule has 0 radical (unpaired) electrons. The van der Waals surface area contributed by atoms with E-state index in [4.69, 9.17) is 9.84 Å². The molecule has 1 aliphatic rings. The van der Waals surface area contributed by atoms with Gasteiger partial charge >= 0.3 is 11.9 Å². The normalized spacial score (nSPS) is 24.2. The molecule has 2 rings (SSSR count). The number of aliphatic hydroxyl groups excluding tert-OH is 1. The van der Waals surface area contributed by atoms with Gasteiger partial charge in [-0.15, -0.1) is 0 Å². The van der Waals surface area contributed by atoms with E-state index in [0.717, 1.165) is 18.2 Å². The average Bonchev–Trinajstić information content (AvgIpc) is 2.48. The molecule has 0 bridgehead atoms. The third-order valence-electron chi connectivity index (χ3n) is 3.13. The molecule has 0 heterocycles. The second-order valence-corrected chi connectivity index (χ2v) is 4.63. The van der Waals surface area contributed by atoms with E-state index in [1.807, 2.05) is 0 Å². The largest absolute Gasteiger partial charge is 0.508 e. The molecule has 1 aromatic rings. The summed E-state index contributed by atoms with van der Waals surface area (Å²) < 4.78 is 4.97. The van der Waals surface area contributed by atoms with Crippen LogP contribution in [0.2, 0.25) is 0 Å². The second kappa shape index (κ2) is 5.80. The first kappa shape index (κ1) is 14.8. The average molecular weight is 290 g/mol. The number of carboxylic acids is 1. The Morgan fingerprint density at radius 1 is 1.24 bits per heavy atom. The third kappa shape index (κ3) is 3.11. The maximum Gasteiger partial charge on any atom is 0.343 e. The molecule has 0 amide bonds. The highest BCUT2D eigenvalue weighted by Gasteiger charge is 2.48. The molecule has 0 aromatic heterocycles. The fourth-order valence-corrected chi connectivity index (χ4v) is 1.96. The van der Waals surface area contributed by atoms with Gasteiger partial charge in [0.15, 0.2) is 5.60 Å².